The van der Waals surface area contributed by atoms with E-state index in [9.17, 15) is 4.79 Å². The fourth-order valence-corrected chi connectivity index (χ4v) is 2.95. The van der Waals surface area contributed by atoms with E-state index >= 15 is 0 Å². The first-order chi connectivity index (χ1) is 9.24. The highest BCUT2D eigenvalue weighted by Gasteiger charge is 2.16. The molecule has 1 N–H and O–H groups in total. The van der Waals surface area contributed by atoms with E-state index in [-0.39, 0.29) is 12.0 Å². The smallest absolute Gasteiger partial charge is 0.244 e. The maximum Gasteiger partial charge on any atom is 0.244 e. The van der Waals surface area contributed by atoms with Gasteiger partial charge in [0.25, 0.3) is 0 Å². The van der Waals surface area contributed by atoms with Crippen molar-refractivity contribution in [1.29, 1.82) is 0 Å². The molecule has 3 nitrogen and oxygen atoms in total. The van der Waals surface area contributed by atoms with E-state index in [0.717, 1.165) is 18.6 Å². The van der Waals surface area contributed by atoms with Crippen molar-refractivity contribution in [2.45, 2.75) is 50.0 Å². The van der Waals surface area contributed by atoms with Crippen molar-refractivity contribution in [1.82, 2.24) is 5.48 Å². The molecule has 1 aliphatic rings. The molecule has 1 fully saturated rings. The number of benzene rings is 1. The maximum atomic E-state index is 11.6. The van der Waals surface area contributed by atoms with E-state index in [4.69, 9.17) is 4.84 Å². The van der Waals surface area contributed by atoms with Crippen molar-refractivity contribution in [2.75, 3.05) is 5.75 Å². The Kier molecular flexibility index (Phi) is 5.73. The van der Waals surface area contributed by atoms with Gasteiger partial charge in [-0.25, -0.2) is 5.48 Å². The van der Waals surface area contributed by atoms with Gasteiger partial charge in [-0.2, -0.15) is 0 Å². The summed E-state index contributed by atoms with van der Waals surface area (Å²) in [7, 11) is 0. The minimum atomic E-state index is -0.0217. The number of thioether (sulfide) groups is 1. The highest BCUT2D eigenvalue weighted by atomic mass is 32.2. The second-order valence-electron chi connectivity index (χ2n) is 4.96. The van der Waals surface area contributed by atoms with E-state index in [2.05, 4.69) is 36.7 Å². The van der Waals surface area contributed by atoms with Gasteiger partial charge < -0.3 is 0 Å². The molecule has 2 rings (SSSR count). The Morgan fingerprint density at radius 1 is 1.32 bits per heavy atom. The third-order valence-electron chi connectivity index (χ3n) is 3.26. The molecule has 19 heavy (non-hydrogen) atoms. The number of rotatable bonds is 6. The summed E-state index contributed by atoms with van der Waals surface area (Å²) in [4.78, 5) is 18.2. The van der Waals surface area contributed by atoms with Crippen LogP contribution in [0.4, 0.5) is 0 Å². The molecule has 0 saturated heterocycles. The van der Waals surface area contributed by atoms with Crippen molar-refractivity contribution in [2.24, 2.45) is 0 Å². The topological polar surface area (TPSA) is 38.3 Å². The fraction of sp³-hybridized carbons (Fsp3) is 0.533. The summed E-state index contributed by atoms with van der Waals surface area (Å²) in [5.74, 6) is 0.759. The zero-order chi connectivity index (χ0) is 13.5. The number of hydrogen-bond acceptors (Lipinski definition) is 3. The first-order valence-corrected chi connectivity index (χ1v) is 7.86. The molecule has 1 saturated carbocycles. The molecule has 1 amide bonds. The van der Waals surface area contributed by atoms with Crippen LogP contribution in [-0.4, -0.2) is 17.8 Å². The molecular weight excluding hydrogens is 258 g/mol. The van der Waals surface area contributed by atoms with Gasteiger partial charge in [-0.15, -0.1) is 11.8 Å². The number of carbonyl (C=O) groups excluding carboxylic acids is 1. The summed E-state index contributed by atoms with van der Waals surface area (Å²) in [6, 6.07) is 8.36. The molecular formula is C15H21NO2S. The largest absolute Gasteiger partial charge is 0.273 e. The van der Waals surface area contributed by atoms with Crippen molar-refractivity contribution >= 4 is 17.7 Å². The third kappa shape index (κ3) is 5.25. The summed E-state index contributed by atoms with van der Waals surface area (Å²) in [5.41, 5.74) is 3.82. The highest BCUT2D eigenvalue weighted by Crippen LogP contribution is 2.20. The van der Waals surface area contributed by atoms with Crippen LogP contribution >= 0.6 is 11.8 Å². The molecule has 1 aromatic carbocycles. The van der Waals surface area contributed by atoms with Gasteiger partial charge in [-0.3, -0.25) is 9.63 Å². The summed E-state index contributed by atoms with van der Waals surface area (Å²) in [6.45, 7) is 2.07. The van der Waals surface area contributed by atoms with Crippen LogP contribution in [0, 0.1) is 6.92 Å². The number of hydroxylamine groups is 1. The van der Waals surface area contributed by atoms with Crippen LogP contribution < -0.4 is 5.48 Å². The molecule has 104 valence electrons. The normalized spacial score (nSPS) is 15.6. The second-order valence-corrected chi connectivity index (χ2v) is 6.13. The molecule has 0 radical (unpaired) electrons. The van der Waals surface area contributed by atoms with Gasteiger partial charge in [0.15, 0.2) is 0 Å². The third-order valence-corrected chi connectivity index (χ3v) is 4.27. The van der Waals surface area contributed by atoms with Gasteiger partial charge >= 0.3 is 0 Å². The first-order valence-electron chi connectivity index (χ1n) is 6.88. The molecule has 0 bridgehead atoms. The SMILES string of the molecule is Cc1ccc(SCCC(=O)NOC2CCCC2)cc1. The lowest BCUT2D eigenvalue weighted by Crippen LogP contribution is -2.28. The highest BCUT2D eigenvalue weighted by molar-refractivity contribution is 7.99. The van der Waals surface area contributed by atoms with E-state index < -0.39 is 0 Å². The number of aryl methyl sites for hydroxylation is 1. The number of hydrogen-bond donors (Lipinski definition) is 1. The van der Waals surface area contributed by atoms with Crippen LogP contribution in [-0.2, 0) is 9.63 Å². The second kappa shape index (κ2) is 7.56. The summed E-state index contributed by atoms with van der Waals surface area (Å²) in [5, 5.41) is 0. The lowest BCUT2D eigenvalue weighted by Gasteiger charge is -2.11. The van der Waals surface area contributed by atoms with Crippen LogP contribution in [0.2, 0.25) is 0 Å². The maximum absolute atomic E-state index is 11.6. The average Bonchev–Trinajstić information content (AvgIpc) is 2.92. The molecule has 0 heterocycles. The van der Waals surface area contributed by atoms with Gasteiger partial charge in [0.05, 0.1) is 6.10 Å². The average molecular weight is 279 g/mol. The van der Waals surface area contributed by atoms with Gasteiger partial charge in [0.2, 0.25) is 5.91 Å². The van der Waals surface area contributed by atoms with Crippen molar-refractivity contribution in [3.8, 4) is 0 Å². The minimum Gasteiger partial charge on any atom is -0.273 e. The van der Waals surface area contributed by atoms with Crippen LogP contribution in [0.25, 0.3) is 0 Å². The van der Waals surface area contributed by atoms with Crippen molar-refractivity contribution < 1.29 is 9.63 Å². The molecule has 0 aliphatic heterocycles. The van der Waals surface area contributed by atoms with Gasteiger partial charge in [-0.05, 0) is 31.9 Å². The summed E-state index contributed by atoms with van der Waals surface area (Å²) >= 11 is 1.70. The standard InChI is InChI=1S/C15H21NO2S/c1-12-6-8-14(9-7-12)19-11-10-15(17)16-18-13-4-2-3-5-13/h6-9,13H,2-5,10-11H2,1H3,(H,16,17). The molecule has 4 heteroatoms. The Hall–Kier alpha value is -1.00. The summed E-state index contributed by atoms with van der Waals surface area (Å²) in [6.07, 6.45) is 5.28. The molecule has 0 aromatic heterocycles. The Morgan fingerprint density at radius 2 is 2.00 bits per heavy atom. The van der Waals surface area contributed by atoms with Gasteiger partial charge in [0, 0.05) is 17.1 Å². The molecule has 0 unspecified atom stereocenters. The zero-order valence-electron chi connectivity index (χ0n) is 11.4. The van der Waals surface area contributed by atoms with Crippen molar-refractivity contribution in [3.05, 3.63) is 29.8 Å². The first kappa shape index (κ1) is 14.4. The molecule has 1 aliphatic carbocycles. The van der Waals surface area contributed by atoms with E-state index in [0.29, 0.717) is 6.42 Å². The number of nitrogens with one attached hydrogen (secondary N) is 1. The van der Waals surface area contributed by atoms with E-state index in [1.807, 2.05) is 0 Å². The molecule has 0 atom stereocenters. The van der Waals surface area contributed by atoms with Crippen LogP contribution in [0.1, 0.15) is 37.7 Å². The number of carbonyl (C=O) groups is 1. The molecule has 0 spiro atoms. The monoisotopic (exact) mass is 279 g/mol. The predicted octanol–water partition coefficient (Wildman–Crippen LogP) is 3.47. The Balaban J connectivity index is 1.59. The van der Waals surface area contributed by atoms with E-state index in [1.54, 1.807) is 11.8 Å². The molecule has 1 aromatic rings. The quantitative estimate of drug-likeness (QED) is 0.640. The predicted molar refractivity (Wildman–Crippen MR) is 78.0 cm³/mol. The van der Waals surface area contributed by atoms with Gasteiger partial charge in [-0.1, -0.05) is 30.5 Å². The van der Waals surface area contributed by atoms with Crippen LogP contribution in [0.15, 0.2) is 29.2 Å². The Morgan fingerprint density at radius 3 is 2.68 bits per heavy atom. The van der Waals surface area contributed by atoms with Crippen LogP contribution in [0.5, 0.6) is 0 Å². The zero-order valence-corrected chi connectivity index (χ0v) is 12.2. The fourth-order valence-electron chi connectivity index (χ4n) is 2.10. The lowest BCUT2D eigenvalue weighted by atomic mass is 10.2. The van der Waals surface area contributed by atoms with Gasteiger partial charge in [0.1, 0.15) is 0 Å². The van der Waals surface area contributed by atoms with Crippen molar-refractivity contribution in [3.63, 3.8) is 0 Å². The van der Waals surface area contributed by atoms with E-state index in [1.165, 1.54) is 23.3 Å². The number of amides is 1. The minimum absolute atomic E-state index is 0.0217. The Labute approximate surface area is 119 Å². The summed E-state index contributed by atoms with van der Waals surface area (Å²) < 4.78 is 0. The van der Waals surface area contributed by atoms with Crippen LogP contribution in [0.3, 0.4) is 0 Å². The Bertz CT molecular complexity index is 399. The lowest BCUT2D eigenvalue weighted by molar-refractivity contribution is -0.137.